The highest BCUT2D eigenvalue weighted by molar-refractivity contribution is 6.31. The molecule has 0 amide bonds. The van der Waals surface area contributed by atoms with Crippen LogP contribution in [0.1, 0.15) is 25.0 Å². The molecule has 5 nitrogen and oxygen atoms in total. The van der Waals surface area contributed by atoms with Gasteiger partial charge in [0.1, 0.15) is 17.2 Å². The minimum absolute atomic E-state index is 0.390. The molecule has 0 spiro atoms. The summed E-state index contributed by atoms with van der Waals surface area (Å²) >= 11 is 0. The molecule has 128 valence electrons. The molecule has 2 aromatic carbocycles. The molecule has 0 fully saturated rings. The average molecular weight is 337 g/mol. The van der Waals surface area contributed by atoms with Gasteiger partial charge in [-0.05, 0) is 38.1 Å². The third-order valence-corrected chi connectivity index (χ3v) is 3.63. The second kappa shape index (κ2) is 7.66. The van der Waals surface area contributed by atoms with Crippen molar-refractivity contribution < 1.29 is 19.1 Å². The highest BCUT2D eigenvalue weighted by atomic mass is 16.7. The van der Waals surface area contributed by atoms with Crippen molar-refractivity contribution >= 4 is 17.8 Å². The van der Waals surface area contributed by atoms with Crippen molar-refractivity contribution in [2.75, 3.05) is 13.2 Å². The van der Waals surface area contributed by atoms with Gasteiger partial charge in [0.25, 0.3) is 0 Å². The minimum atomic E-state index is -0.483. The Hall–Kier alpha value is -3.08. The van der Waals surface area contributed by atoms with Crippen LogP contribution in [0.15, 0.2) is 59.3 Å². The van der Waals surface area contributed by atoms with E-state index in [0.29, 0.717) is 36.0 Å². The maximum Gasteiger partial charge on any atom is 0.368 e. The number of ether oxygens (including phenoxy) is 2. The molecule has 0 saturated heterocycles. The van der Waals surface area contributed by atoms with Gasteiger partial charge < -0.3 is 14.3 Å². The van der Waals surface area contributed by atoms with E-state index in [-0.39, 0.29) is 0 Å². The predicted octanol–water partition coefficient (Wildman–Crippen LogP) is 3.83. The van der Waals surface area contributed by atoms with Gasteiger partial charge in [-0.25, -0.2) is 4.79 Å². The van der Waals surface area contributed by atoms with Crippen molar-refractivity contribution in [2.24, 2.45) is 5.16 Å². The number of carbonyl (C=O) groups is 1. The average Bonchev–Trinajstić information content (AvgIpc) is 2.99. The van der Waals surface area contributed by atoms with Crippen LogP contribution in [0.2, 0.25) is 0 Å². The first kappa shape index (κ1) is 16.8. The van der Waals surface area contributed by atoms with Crippen molar-refractivity contribution in [3.8, 4) is 11.5 Å². The Labute approximate surface area is 146 Å². The molecular weight excluding hydrogens is 318 g/mol. The lowest BCUT2D eigenvalue weighted by Gasteiger charge is -2.10. The first-order chi connectivity index (χ1) is 12.2. The van der Waals surface area contributed by atoms with Gasteiger partial charge in [0, 0.05) is 11.1 Å². The molecule has 3 rings (SSSR count). The number of oxime groups is 1. The lowest BCUT2D eigenvalue weighted by molar-refractivity contribution is -0.136. The summed E-state index contributed by atoms with van der Waals surface area (Å²) in [5, 5.41) is 3.93. The Balaban J connectivity index is 2.04. The highest BCUT2D eigenvalue weighted by Gasteiger charge is 2.27. The molecule has 0 aliphatic carbocycles. The van der Waals surface area contributed by atoms with Crippen molar-refractivity contribution in [3.63, 3.8) is 0 Å². The normalized spacial score (nSPS) is 15.0. The van der Waals surface area contributed by atoms with Gasteiger partial charge in [-0.2, -0.15) is 0 Å². The van der Waals surface area contributed by atoms with Gasteiger partial charge in [0.05, 0.1) is 18.8 Å². The standard InChI is InChI=1S/C20H19NO4/c1-3-23-16-10-11-18(24-4-2)15(12-16)13-17-19(21-25-20(17)22)14-8-6-5-7-9-14/h5-13H,3-4H2,1-2H3/b17-13-. The quantitative estimate of drug-likeness (QED) is 0.594. The van der Waals surface area contributed by atoms with Crippen molar-refractivity contribution in [2.45, 2.75) is 13.8 Å². The van der Waals surface area contributed by atoms with E-state index >= 15 is 0 Å². The topological polar surface area (TPSA) is 57.1 Å². The molecule has 25 heavy (non-hydrogen) atoms. The first-order valence-electron chi connectivity index (χ1n) is 8.19. The smallest absolute Gasteiger partial charge is 0.368 e. The Morgan fingerprint density at radius 2 is 1.80 bits per heavy atom. The van der Waals surface area contributed by atoms with Crippen LogP contribution in [0.3, 0.4) is 0 Å². The first-order valence-corrected chi connectivity index (χ1v) is 8.19. The Kier molecular flexibility index (Phi) is 5.14. The lowest BCUT2D eigenvalue weighted by Crippen LogP contribution is -2.07. The molecule has 0 bridgehead atoms. The molecule has 0 N–H and O–H groups in total. The highest BCUT2D eigenvalue weighted by Crippen LogP contribution is 2.29. The summed E-state index contributed by atoms with van der Waals surface area (Å²) in [6.45, 7) is 4.91. The number of carbonyl (C=O) groups excluding carboxylic acids is 1. The van der Waals surface area contributed by atoms with Crippen LogP contribution in [-0.2, 0) is 9.63 Å². The zero-order chi connectivity index (χ0) is 17.6. The monoisotopic (exact) mass is 337 g/mol. The van der Waals surface area contributed by atoms with Gasteiger partial charge in [0.15, 0.2) is 0 Å². The third kappa shape index (κ3) is 3.71. The molecule has 0 unspecified atom stereocenters. The molecule has 1 heterocycles. The van der Waals surface area contributed by atoms with E-state index < -0.39 is 5.97 Å². The summed E-state index contributed by atoms with van der Waals surface area (Å²) in [6.07, 6.45) is 1.73. The van der Waals surface area contributed by atoms with Crippen LogP contribution in [0, 0.1) is 0 Å². The zero-order valence-corrected chi connectivity index (χ0v) is 14.2. The SMILES string of the molecule is CCOc1ccc(OCC)c(/C=C2\C(=O)ON=C2c2ccccc2)c1. The molecule has 0 atom stereocenters. The Morgan fingerprint density at radius 1 is 1.04 bits per heavy atom. The molecule has 2 aromatic rings. The summed E-state index contributed by atoms with van der Waals surface area (Å²) in [4.78, 5) is 17.1. The van der Waals surface area contributed by atoms with Crippen LogP contribution in [0.4, 0.5) is 0 Å². The van der Waals surface area contributed by atoms with E-state index in [1.807, 2.05) is 62.4 Å². The van der Waals surface area contributed by atoms with E-state index in [1.54, 1.807) is 6.08 Å². The van der Waals surface area contributed by atoms with Crippen LogP contribution in [0.5, 0.6) is 11.5 Å². The number of nitrogens with zero attached hydrogens (tertiary/aromatic N) is 1. The van der Waals surface area contributed by atoms with E-state index in [2.05, 4.69) is 5.16 Å². The summed E-state index contributed by atoms with van der Waals surface area (Å²) in [5.41, 5.74) is 2.46. The summed E-state index contributed by atoms with van der Waals surface area (Å²) in [5.74, 6) is 0.899. The van der Waals surface area contributed by atoms with E-state index in [9.17, 15) is 4.79 Å². The van der Waals surface area contributed by atoms with Gasteiger partial charge >= 0.3 is 5.97 Å². The van der Waals surface area contributed by atoms with Crippen molar-refractivity contribution in [1.82, 2.24) is 0 Å². The van der Waals surface area contributed by atoms with Crippen molar-refractivity contribution in [1.29, 1.82) is 0 Å². The third-order valence-electron chi connectivity index (χ3n) is 3.63. The van der Waals surface area contributed by atoms with Crippen LogP contribution in [-0.4, -0.2) is 24.9 Å². The fourth-order valence-electron chi connectivity index (χ4n) is 2.55. The molecule has 0 saturated carbocycles. The van der Waals surface area contributed by atoms with E-state index in [1.165, 1.54) is 0 Å². The maximum absolute atomic E-state index is 12.2. The van der Waals surface area contributed by atoms with E-state index in [4.69, 9.17) is 14.3 Å². The van der Waals surface area contributed by atoms with Crippen molar-refractivity contribution in [3.05, 3.63) is 65.2 Å². The van der Waals surface area contributed by atoms with Crippen LogP contribution < -0.4 is 9.47 Å². The Bertz CT molecular complexity index is 825. The Morgan fingerprint density at radius 3 is 2.52 bits per heavy atom. The van der Waals surface area contributed by atoms with Gasteiger partial charge in [0.2, 0.25) is 0 Å². The molecular formula is C20H19NO4. The second-order valence-electron chi connectivity index (χ2n) is 5.31. The second-order valence-corrected chi connectivity index (χ2v) is 5.31. The maximum atomic E-state index is 12.2. The minimum Gasteiger partial charge on any atom is -0.494 e. The number of hydrogen-bond donors (Lipinski definition) is 0. The molecule has 0 radical (unpaired) electrons. The summed E-state index contributed by atoms with van der Waals surface area (Å²) in [6, 6.07) is 15.0. The van der Waals surface area contributed by atoms with Gasteiger partial charge in [-0.15, -0.1) is 0 Å². The predicted molar refractivity (Wildman–Crippen MR) is 95.8 cm³/mol. The van der Waals surface area contributed by atoms with Gasteiger partial charge in [-0.3, -0.25) is 0 Å². The largest absolute Gasteiger partial charge is 0.494 e. The van der Waals surface area contributed by atoms with Gasteiger partial charge in [-0.1, -0.05) is 35.5 Å². The number of rotatable bonds is 6. The molecule has 1 aliphatic heterocycles. The fourth-order valence-corrected chi connectivity index (χ4v) is 2.55. The summed E-state index contributed by atoms with van der Waals surface area (Å²) in [7, 11) is 0. The number of benzene rings is 2. The molecule has 1 aliphatic rings. The molecule has 0 aromatic heterocycles. The fraction of sp³-hybridized carbons (Fsp3) is 0.200. The summed E-state index contributed by atoms with van der Waals surface area (Å²) < 4.78 is 11.2. The van der Waals surface area contributed by atoms with Crippen LogP contribution in [0.25, 0.3) is 6.08 Å². The lowest BCUT2D eigenvalue weighted by atomic mass is 10.0. The van der Waals surface area contributed by atoms with Crippen LogP contribution >= 0.6 is 0 Å². The zero-order valence-electron chi connectivity index (χ0n) is 14.2. The number of hydrogen-bond acceptors (Lipinski definition) is 5. The molecule has 5 heteroatoms. The van der Waals surface area contributed by atoms with E-state index in [0.717, 1.165) is 11.1 Å².